The fourth-order valence-corrected chi connectivity index (χ4v) is 5.48. The highest BCUT2D eigenvalue weighted by Gasteiger charge is 2.21. The van der Waals surface area contributed by atoms with Crippen molar-refractivity contribution in [2.45, 2.75) is 9.79 Å². The summed E-state index contributed by atoms with van der Waals surface area (Å²) in [4.78, 5) is 7.25. The lowest BCUT2D eigenvalue weighted by Crippen LogP contribution is -2.18. The van der Waals surface area contributed by atoms with Crippen LogP contribution >= 0.6 is 55.1 Å². The highest BCUT2D eigenvalue weighted by Crippen LogP contribution is 2.29. The van der Waals surface area contributed by atoms with Crippen LogP contribution in [0, 0.1) is 0 Å². The maximum Gasteiger partial charge on any atom is 0.263 e. The van der Waals surface area contributed by atoms with E-state index in [9.17, 15) is 16.8 Å². The molecule has 0 aliphatic carbocycles. The Morgan fingerprint density at radius 3 is 1.43 bits per heavy atom. The lowest BCUT2D eigenvalue weighted by atomic mass is 10.3. The quantitative estimate of drug-likeness (QED) is 0.380. The van der Waals surface area contributed by atoms with Gasteiger partial charge in [0.15, 0.2) is 0 Å². The number of aromatic nitrogens is 2. The van der Waals surface area contributed by atoms with Gasteiger partial charge in [0.25, 0.3) is 20.0 Å². The molecule has 30 heavy (non-hydrogen) atoms. The van der Waals surface area contributed by atoms with Crippen LogP contribution in [0.25, 0.3) is 0 Å². The van der Waals surface area contributed by atoms with Gasteiger partial charge < -0.3 is 0 Å². The number of benzene rings is 1. The number of hydrogen-bond acceptors (Lipinski definition) is 6. The van der Waals surface area contributed by atoms with Crippen LogP contribution in [0.1, 0.15) is 0 Å². The summed E-state index contributed by atoms with van der Waals surface area (Å²) in [7, 11) is -8.16. The average molecular weight is 617 g/mol. The second-order valence-electron chi connectivity index (χ2n) is 5.64. The van der Waals surface area contributed by atoms with E-state index in [0.29, 0.717) is 8.95 Å². The van der Waals surface area contributed by atoms with E-state index in [1.807, 2.05) is 0 Å². The average Bonchev–Trinajstić information content (AvgIpc) is 2.67. The zero-order valence-corrected chi connectivity index (χ0v) is 20.8. The van der Waals surface area contributed by atoms with Gasteiger partial charge in [0.05, 0.1) is 20.3 Å². The molecular weight excluding hydrogens is 607 g/mol. The van der Waals surface area contributed by atoms with Gasteiger partial charge in [-0.2, -0.15) is 0 Å². The van der Waals surface area contributed by atoms with E-state index >= 15 is 0 Å². The van der Waals surface area contributed by atoms with Crippen molar-refractivity contribution < 1.29 is 16.8 Å². The third-order valence-electron chi connectivity index (χ3n) is 3.58. The molecule has 0 radical (unpaired) electrons. The summed E-state index contributed by atoms with van der Waals surface area (Å²) in [6.45, 7) is 0. The molecule has 2 N–H and O–H groups in total. The maximum atomic E-state index is 12.7. The predicted octanol–water partition coefficient (Wildman–Crippen LogP) is 4.91. The Morgan fingerprint density at radius 1 is 0.733 bits per heavy atom. The normalized spacial score (nSPS) is 11.9. The molecule has 158 valence electrons. The van der Waals surface area contributed by atoms with Gasteiger partial charge in [-0.3, -0.25) is 9.44 Å². The van der Waals surface area contributed by atoms with Gasteiger partial charge in [-0.25, -0.2) is 26.8 Å². The molecule has 2 heterocycles. The summed E-state index contributed by atoms with van der Waals surface area (Å²) < 4.78 is 56.1. The fraction of sp³-hybridized carbons (Fsp3) is 0. The van der Waals surface area contributed by atoms with Crippen LogP contribution in [-0.4, -0.2) is 26.8 Å². The molecule has 2 aromatic heterocycles. The van der Waals surface area contributed by atoms with Crippen molar-refractivity contribution in [3.05, 3.63) is 68.0 Å². The molecule has 3 rings (SSSR count). The third kappa shape index (κ3) is 5.24. The Kier molecular flexibility index (Phi) is 6.94. The highest BCUT2D eigenvalue weighted by molar-refractivity contribution is 9.10. The summed E-state index contributed by atoms with van der Waals surface area (Å²) >= 11 is 17.8. The van der Waals surface area contributed by atoms with Crippen molar-refractivity contribution in [3.63, 3.8) is 0 Å². The number of anilines is 2. The van der Waals surface area contributed by atoms with E-state index in [1.165, 1.54) is 24.3 Å². The summed E-state index contributed by atoms with van der Waals surface area (Å²) in [5.74, 6) is 0. The van der Waals surface area contributed by atoms with E-state index in [2.05, 4.69) is 51.3 Å². The van der Waals surface area contributed by atoms with Gasteiger partial charge in [-0.15, -0.1) is 0 Å². The fourth-order valence-electron chi connectivity index (χ4n) is 2.17. The monoisotopic (exact) mass is 614 g/mol. The lowest BCUT2D eigenvalue weighted by Gasteiger charge is -2.15. The summed E-state index contributed by atoms with van der Waals surface area (Å²) in [5.41, 5.74) is 0.0151. The molecule has 1 aromatic carbocycles. The molecule has 0 saturated heterocycles. The Hall–Kier alpha value is -1.44. The van der Waals surface area contributed by atoms with Crippen LogP contribution in [0.5, 0.6) is 0 Å². The van der Waals surface area contributed by atoms with Crippen molar-refractivity contribution in [2.24, 2.45) is 0 Å². The number of nitrogens with zero attached hydrogens (tertiary/aromatic N) is 2. The minimum atomic E-state index is -4.08. The molecule has 0 aliphatic rings. The molecule has 0 bridgehead atoms. The molecule has 0 saturated carbocycles. The van der Waals surface area contributed by atoms with Gasteiger partial charge in [0.2, 0.25) is 0 Å². The number of sulfonamides is 2. The molecule has 0 atom stereocenters. The minimum absolute atomic E-state index is 0.00753. The first kappa shape index (κ1) is 23.2. The van der Waals surface area contributed by atoms with E-state index < -0.39 is 20.0 Å². The van der Waals surface area contributed by atoms with Crippen molar-refractivity contribution in [1.82, 2.24) is 9.97 Å². The second-order valence-corrected chi connectivity index (χ2v) is 11.4. The second kappa shape index (κ2) is 8.97. The number of pyridine rings is 2. The Morgan fingerprint density at radius 2 is 1.10 bits per heavy atom. The molecule has 0 amide bonds. The van der Waals surface area contributed by atoms with Gasteiger partial charge in [0, 0.05) is 12.4 Å². The molecule has 0 fully saturated rings. The SMILES string of the molecule is O=S(=O)(Nc1ccccc1NS(=O)(=O)c1cnc(Cl)c(Br)c1)c1cnc(Cl)c(Br)c1. The van der Waals surface area contributed by atoms with Crippen LogP contribution in [0.15, 0.2) is 67.5 Å². The zero-order valence-electron chi connectivity index (χ0n) is 14.5. The largest absolute Gasteiger partial charge is 0.277 e. The van der Waals surface area contributed by atoms with Crippen LogP contribution in [-0.2, 0) is 20.0 Å². The van der Waals surface area contributed by atoms with Gasteiger partial charge in [-0.05, 0) is 56.1 Å². The maximum absolute atomic E-state index is 12.7. The van der Waals surface area contributed by atoms with E-state index in [-0.39, 0.29) is 31.5 Å². The first-order valence-electron chi connectivity index (χ1n) is 7.76. The zero-order chi connectivity index (χ0) is 22.1. The topological polar surface area (TPSA) is 118 Å². The molecule has 3 aromatic rings. The molecule has 0 spiro atoms. The van der Waals surface area contributed by atoms with E-state index in [1.54, 1.807) is 12.1 Å². The number of para-hydroxylation sites is 2. The standard InChI is InChI=1S/C16H10Br2Cl2N4O4S2/c17-11-5-9(7-21-15(11)19)29(25,26)23-13-3-1-2-4-14(13)24-30(27,28)10-6-12(18)16(20)22-8-10/h1-8,23-24H. The number of hydrogen-bond donors (Lipinski definition) is 2. The van der Waals surface area contributed by atoms with Crippen molar-refractivity contribution >= 4 is 86.5 Å². The third-order valence-corrected chi connectivity index (χ3v) is 8.51. The van der Waals surface area contributed by atoms with E-state index in [4.69, 9.17) is 23.2 Å². The Balaban J connectivity index is 1.94. The highest BCUT2D eigenvalue weighted by atomic mass is 79.9. The Labute approximate surface area is 199 Å². The Bertz CT molecular complexity index is 1240. The predicted molar refractivity (Wildman–Crippen MR) is 122 cm³/mol. The van der Waals surface area contributed by atoms with Crippen molar-refractivity contribution in [1.29, 1.82) is 0 Å². The van der Waals surface area contributed by atoms with Crippen molar-refractivity contribution in [3.8, 4) is 0 Å². The van der Waals surface area contributed by atoms with Crippen LogP contribution < -0.4 is 9.44 Å². The van der Waals surface area contributed by atoms with Gasteiger partial charge in [0.1, 0.15) is 20.1 Å². The smallest absolute Gasteiger partial charge is 0.263 e. The summed E-state index contributed by atoms with van der Waals surface area (Å²) in [5, 5.41) is 0.203. The number of nitrogens with one attached hydrogen (secondary N) is 2. The lowest BCUT2D eigenvalue weighted by molar-refractivity contribution is 0.598. The van der Waals surface area contributed by atoms with Gasteiger partial charge in [-0.1, -0.05) is 35.3 Å². The van der Waals surface area contributed by atoms with Crippen LogP contribution in [0.3, 0.4) is 0 Å². The van der Waals surface area contributed by atoms with Crippen molar-refractivity contribution in [2.75, 3.05) is 9.44 Å². The summed E-state index contributed by atoms with van der Waals surface area (Å²) in [6, 6.07) is 8.47. The van der Waals surface area contributed by atoms with Crippen LogP contribution in [0.4, 0.5) is 11.4 Å². The van der Waals surface area contributed by atoms with Gasteiger partial charge >= 0.3 is 0 Å². The van der Waals surface area contributed by atoms with E-state index in [0.717, 1.165) is 12.4 Å². The van der Waals surface area contributed by atoms with Crippen LogP contribution in [0.2, 0.25) is 10.3 Å². The summed E-state index contributed by atoms with van der Waals surface area (Å²) in [6.07, 6.45) is 2.16. The number of rotatable bonds is 6. The number of halogens is 4. The molecule has 0 unspecified atom stereocenters. The molecule has 8 nitrogen and oxygen atoms in total. The first-order valence-corrected chi connectivity index (χ1v) is 13.1. The molecular formula is C16H10Br2Cl2N4O4S2. The molecule has 14 heteroatoms. The first-order chi connectivity index (χ1) is 14.0. The minimum Gasteiger partial charge on any atom is -0.277 e. The molecule has 0 aliphatic heterocycles.